The van der Waals surface area contributed by atoms with Crippen LogP contribution in [0.2, 0.25) is 0 Å². The molecule has 1 nitrogen and oxygen atoms in total. The van der Waals surface area contributed by atoms with Crippen molar-refractivity contribution in [2.75, 3.05) is 6.54 Å². The minimum absolute atomic E-state index is 0.0906. The third kappa shape index (κ3) is 4.67. The summed E-state index contributed by atoms with van der Waals surface area (Å²) in [6.07, 6.45) is 3.30. The summed E-state index contributed by atoms with van der Waals surface area (Å²) in [4.78, 5) is 0. The van der Waals surface area contributed by atoms with Gasteiger partial charge in [0.05, 0.1) is 0 Å². The predicted molar refractivity (Wildman–Crippen MR) is 98.9 cm³/mol. The van der Waals surface area contributed by atoms with E-state index in [1.165, 1.54) is 29.5 Å². The maximum Gasteiger partial charge on any atom is 0.123 e. The summed E-state index contributed by atoms with van der Waals surface area (Å²) in [6, 6.07) is 14.4. The first-order chi connectivity index (χ1) is 11.4. The highest BCUT2D eigenvalue weighted by Gasteiger charge is 2.24. The van der Waals surface area contributed by atoms with E-state index in [0.717, 1.165) is 25.1 Å². The number of rotatable bonds is 6. The molecule has 0 atom stereocenters. The third-order valence-corrected chi connectivity index (χ3v) is 4.77. The van der Waals surface area contributed by atoms with Crippen molar-refractivity contribution in [2.45, 2.75) is 57.9 Å². The van der Waals surface area contributed by atoms with Gasteiger partial charge in [0.15, 0.2) is 0 Å². The second-order valence-electron chi connectivity index (χ2n) is 8.04. The van der Waals surface area contributed by atoms with E-state index >= 15 is 0 Å². The molecule has 0 unspecified atom stereocenters. The second-order valence-corrected chi connectivity index (χ2v) is 8.04. The van der Waals surface area contributed by atoms with Gasteiger partial charge in [0, 0.05) is 6.54 Å². The van der Waals surface area contributed by atoms with Crippen LogP contribution in [0.15, 0.2) is 42.5 Å². The predicted octanol–water partition coefficient (Wildman–Crippen LogP) is 5.33. The number of hydrogen-bond acceptors (Lipinski definition) is 1. The second kappa shape index (κ2) is 7.06. The quantitative estimate of drug-likeness (QED) is 0.708. The van der Waals surface area contributed by atoms with Gasteiger partial charge in [0.2, 0.25) is 0 Å². The molecule has 0 heterocycles. The van der Waals surface area contributed by atoms with Gasteiger partial charge in [-0.25, -0.2) is 4.39 Å². The van der Waals surface area contributed by atoms with Crippen LogP contribution in [0.5, 0.6) is 0 Å². The third-order valence-electron chi connectivity index (χ3n) is 4.77. The van der Waals surface area contributed by atoms with E-state index in [2.05, 4.69) is 56.4 Å². The number of nitrogens with one attached hydrogen (secondary N) is 1. The van der Waals surface area contributed by atoms with Crippen LogP contribution >= 0.6 is 0 Å². The largest absolute Gasteiger partial charge is 0.312 e. The highest BCUT2D eigenvalue weighted by molar-refractivity contribution is 5.30. The molecule has 1 aliphatic carbocycles. The maximum absolute atomic E-state index is 13.7. The van der Waals surface area contributed by atoms with Crippen LogP contribution in [0.3, 0.4) is 0 Å². The van der Waals surface area contributed by atoms with Crippen LogP contribution in [0.1, 0.15) is 61.8 Å². The Morgan fingerprint density at radius 2 is 1.71 bits per heavy atom. The van der Waals surface area contributed by atoms with Crippen molar-refractivity contribution in [1.29, 1.82) is 0 Å². The van der Waals surface area contributed by atoms with Gasteiger partial charge in [-0.2, -0.15) is 0 Å². The summed E-state index contributed by atoms with van der Waals surface area (Å²) in [5.74, 6) is 0.515. The maximum atomic E-state index is 13.7. The van der Waals surface area contributed by atoms with E-state index < -0.39 is 0 Å². The topological polar surface area (TPSA) is 12.0 Å². The fourth-order valence-corrected chi connectivity index (χ4v) is 3.06. The standard InChI is InChI=1S/C22H28FN/c1-22(2,3)20-8-4-16(5-9-20)15-24-11-10-17-12-19(18-6-7-18)14-21(23)13-17/h4-5,8-9,12-14,18,24H,6-7,10-11,15H2,1-3H3. The van der Waals surface area contributed by atoms with Gasteiger partial charge in [-0.1, -0.05) is 51.1 Å². The molecule has 0 aromatic heterocycles. The van der Waals surface area contributed by atoms with Crippen molar-refractivity contribution in [3.63, 3.8) is 0 Å². The molecule has 128 valence electrons. The van der Waals surface area contributed by atoms with E-state index in [1.54, 1.807) is 12.1 Å². The molecule has 3 rings (SSSR count). The van der Waals surface area contributed by atoms with Gasteiger partial charge in [0.1, 0.15) is 5.82 Å². The number of halogens is 1. The summed E-state index contributed by atoms with van der Waals surface area (Å²) in [6.45, 7) is 8.42. The van der Waals surface area contributed by atoms with Gasteiger partial charge in [-0.3, -0.25) is 0 Å². The lowest BCUT2D eigenvalue weighted by Gasteiger charge is -2.19. The zero-order valence-corrected chi connectivity index (χ0v) is 15.0. The first-order valence-electron chi connectivity index (χ1n) is 9.01. The molecule has 0 spiro atoms. The Balaban J connectivity index is 1.48. The highest BCUT2D eigenvalue weighted by atomic mass is 19.1. The Hall–Kier alpha value is -1.67. The van der Waals surface area contributed by atoms with Crippen LogP contribution in [-0.4, -0.2) is 6.54 Å². The summed E-state index contributed by atoms with van der Waals surface area (Å²) < 4.78 is 13.7. The molecule has 2 heteroatoms. The van der Waals surface area contributed by atoms with E-state index in [4.69, 9.17) is 0 Å². The van der Waals surface area contributed by atoms with Crippen LogP contribution < -0.4 is 5.32 Å². The smallest absolute Gasteiger partial charge is 0.123 e. The molecule has 0 aliphatic heterocycles. The summed E-state index contributed by atoms with van der Waals surface area (Å²) in [7, 11) is 0. The van der Waals surface area contributed by atoms with E-state index in [1.807, 2.05) is 0 Å². The van der Waals surface area contributed by atoms with E-state index in [0.29, 0.717) is 5.92 Å². The van der Waals surface area contributed by atoms with E-state index in [-0.39, 0.29) is 11.2 Å². The Labute approximate surface area is 145 Å². The fourth-order valence-electron chi connectivity index (χ4n) is 3.06. The van der Waals surface area contributed by atoms with Crippen molar-refractivity contribution >= 4 is 0 Å². The van der Waals surface area contributed by atoms with Crippen LogP contribution in [0, 0.1) is 5.82 Å². The van der Waals surface area contributed by atoms with Crippen molar-refractivity contribution in [3.8, 4) is 0 Å². The van der Waals surface area contributed by atoms with Gasteiger partial charge < -0.3 is 5.32 Å². The Bertz CT molecular complexity index is 678. The minimum Gasteiger partial charge on any atom is -0.312 e. The van der Waals surface area contributed by atoms with Gasteiger partial charge in [-0.15, -0.1) is 0 Å². The zero-order chi connectivity index (χ0) is 17.2. The molecular formula is C22H28FN. The van der Waals surface area contributed by atoms with Crippen LogP contribution in [-0.2, 0) is 18.4 Å². The Morgan fingerprint density at radius 3 is 2.33 bits per heavy atom. The minimum atomic E-state index is -0.0906. The molecule has 0 bridgehead atoms. The molecule has 0 saturated heterocycles. The molecule has 1 N–H and O–H groups in total. The van der Waals surface area contributed by atoms with Crippen molar-refractivity contribution in [1.82, 2.24) is 5.32 Å². The molecule has 2 aromatic carbocycles. The van der Waals surface area contributed by atoms with Gasteiger partial charge in [-0.05, 0) is 71.5 Å². The molecular weight excluding hydrogens is 297 g/mol. The molecule has 1 fully saturated rings. The van der Waals surface area contributed by atoms with Gasteiger partial charge >= 0.3 is 0 Å². The average molecular weight is 325 g/mol. The zero-order valence-electron chi connectivity index (χ0n) is 15.0. The lowest BCUT2D eigenvalue weighted by Crippen LogP contribution is -2.17. The lowest BCUT2D eigenvalue weighted by atomic mass is 9.87. The molecule has 0 amide bonds. The summed E-state index contributed by atoms with van der Waals surface area (Å²) in [5, 5.41) is 3.47. The van der Waals surface area contributed by atoms with E-state index in [9.17, 15) is 4.39 Å². The van der Waals surface area contributed by atoms with Gasteiger partial charge in [0.25, 0.3) is 0 Å². The molecule has 24 heavy (non-hydrogen) atoms. The first kappa shape index (κ1) is 17.2. The number of benzene rings is 2. The summed E-state index contributed by atoms with van der Waals surface area (Å²) in [5.41, 5.74) is 5.14. The first-order valence-corrected chi connectivity index (χ1v) is 9.01. The lowest BCUT2D eigenvalue weighted by molar-refractivity contribution is 0.589. The monoisotopic (exact) mass is 325 g/mol. The summed E-state index contributed by atoms with van der Waals surface area (Å²) >= 11 is 0. The highest BCUT2D eigenvalue weighted by Crippen LogP contribution is 2.40. The van der Waals surface area contributed by atoms with Crippen LogP contribution in [0.4, 0.5) is 4.39 Å². The molecule has 1 saturated carbocycles. The van der Waals surface area contributed by atoms with Crippen molar-refractivity contribution in [3.05, 3.63) is 70.5 Å². The Kier molecular flexibility index (Phi) is 5.05. The number of hydrogen-bond donors (Lipinski definition) is 1. The van der Waals surface area contributed by atoms with Crippen molar-refractivity contribution < 1.29 is 4.39 Å². The molecule has 1 aliphatic rings. The Morgan fingerprint density at radius 1 is 1.00 bits per heavy atom. The molecule has 0 radical (unpaired) electrons. The van der Waals surface area contributed by atoms with Crippen LogP contribution in [0.25, 0.3) is 0 Å². The van der Waals surface area contributed by atoms with Crippen molar-refractivity contribution in [2.24, 2.45) is 0 Å². The molecule has 2 aromatic rings. The fraction of sp³-hybridized carbons (Fsp3) is 0.455. The average Bonchev–Trinajstić information content (AvgIpc) is 3.35. The SMILES string of the molecule is CC(C)(C)c1ccc(CNCCc2cc(F)cc(C3CC3)c2)cc1. The normalized spacial score (nSPS) is 14.8.